The first-order chi connectivity index (χ1) is 26.7. The van der Waals surface area contributed by atoms with Crippen molar-refractivity contribution in [2.24, 2.45) is 30.7 Å². The molecule has 0 fully saturated rings. The molecule has 8 N–H and O–H groups in total. The van der Waals surface area contributed by atoms with E-state index in [0.717, 1.165) is 11.1 Å². The number of nitrogens with one attached hydrogen (secondary N) is 1. The van der Waals surface area contributed by atoms with Crippen LogP contribution in [0.25, 0.3) is 11.1 Å². The van der Waals surface area contributed by atoms with Gasteiger partial charge in [0.25, 0.3) is 16.0 Å². The van der Waals surface area contributed by atoms with Crippen LogP contribution in [-0.4, -0.2) is 35.1 Å². The Labute approximate surface area is 347 Å². The summed E-state index contributed by atoms with van der Waals surface area (Å²) >= 11 is 0. The third kappa shape index (κ3) is 10.4. The number of hydrogen-bond acceptors (Lipinski definition) is 13. The number of carbonyl (C=O) groups is 2. The number of nitrogen functional groups attached to an aromatic ring is 2. The van der Waals surface area contributed by atoms with Gasteiger partial charge in [0.15, 0.2) is 0 Å². The van der Waals surface area contributed by atoms with Crippen molar-refractivity contribution in [1.29, 1.82) is 0 Å². The zero-order valence-corrected chi connectivity index (χ0v) is 33.1. The summed E-state index contributed by atoms with van der Waals surface area (Å²) in [5, 5.41) is 46.9. The number of carboxylic acids is 1. The second-order valence-electron chi connectivity index (χ2n) is 12.1. The molecule has 0 heterocycles. The summed E-state index contributed by atoms with van der Waals surface area (Å²) in [6.45, 7) is 1.78. The number of aromatic hydroxyl groups is 1. The number of carbonyl (C=O) groups excluding carboxylic acids is 1. The van der Waals surface area contributed by atoms with Crippen molar-refractivity contribution in [1.82, 2.24) is 0 Å². The molecule has 0 aromatic heterocycles. The first kappa shape index (κ1) is 41.5. The predicted octanol–water partition coefficient (Wildman–Crippen LogP) is 6.98. The van der Waals surface area contributed by atoms with Gasteiger partial charge in [-0.05, 0) is 121 Å². The molecular weight excluding hydrogens is 762 g/mol. The van der Waals surface area contributed by atoms with Gasteiger partial charge in [-0.25, -0.2) is 4.79 Å². The van der Waals surface area contributed by atoms with Gasteiger partial charge in [0.1, 0.15) is 22.7 Å². The number of azo groups is 3. The van der Waals surface area contributed by atoms with Crippen LogP contribution < -0.4 is 46.3 Å². The normalized spacial score (nSPS) is 11.5. The fourth-order valence-electron chi connectivity index (χ4n) is 5.13. The first-order valence-electron chi connectivity index (χ1n) is 16.4. The monoisotopic (exact) mass is 792 g/mol. The summed E-state index contributed by atoms with van der Waals surface area (Å²) in [4.78, 5) is 23.6. The number of benzene rings is 6. The molecule has 1 amide bonds. The Morgan fingerprint density at radius 1 is 0.632 bits per heavy atom. The molecule has 6 rings (SSSR count). The Balaban J connectivity index is 0.00000620. The number of amides is 1. The fourth-order valence-corrected chi connectivity index (χ4v) is 5.61. The van der Waals surface area contributed by atoms with Crippen molar-refractivity contribution < 1.29 is 62.3 Å². The molecule has 0 bridgehead atoms. The summed E-state index contributed by atoms with van der Waals surface area (Å²) in [6, 6.07) is 31.5. The maximum atomic E-state index is 12.7. The Morgan fingerprint density at radius 2 is 1.12 bits per heavy atom. The van der Waals surface area contributed by atoms with Crippen molar-refractivity contribution >= 4 is 73.2 Å². The fraction of sp³-hybridized carbons (Fsp3) is 0.0256. The van der Waals surface area contributed by atoms with Crippen LogP contribution in [0.4, 0.5) is 51.2 Å². The van der Waals surface area contributed by atoms with E-state index in [2.05, 4.69) is 36.0 Å². The Kier molecular flexibility index (Phi) is 13.0. The molecule has 0 aliphatic heterocycles. The minimum atomic E-state index is -4.35. The van der Waals surface area contributed by atoms with E-state index < -0.39 is 22.0 Å². The molecule has 18 heteroatoms. The average Bonchev–Trinajstić information content (AvgIpc) is 3.19. The van der Waals surface area contributed by atoms with Crippen molar-refractivity contribution in [3.8, 4) is 16.9 Å². The Morgan fingerprint density at radius 3 is 1.67 bits per heavy atom. The number of hydrogen-bond donors (Lipinski definition) is 6. The first-order valence-corrected chi connectivity index (χ1v) is 17.9. The Hall–Kier alpha value is -6.63. The molecule has 0 unspecified atom stereocenters. The number of anilines is 3. The van der Waals surface area contributed by atoms with Gasteiger partial charge in [0.2, 0.25) is 0 Å². The summed E-state index contributed by atoms with van der Waals surface area (Å²) < 4.78 is 31.6. The molecule has 6 aromatic carbocycles. The van der Waals surface area contributed by atoms with E-state index in [0.29, 0.717) is 45.3 Å². The standard InChI is InChI=1S/C39H31N9O7S.Na/c1-22-20-33(36(41)37(35(22)40)48-45-29-12-6-25(7-13-29)38(50)42-26-14-17-31(18-15-26)56(53,54)55)47-44-28-10-4-24(5-11-28)23-2-8-27(9-3-23)43-46-30-16-19-34(49)32(21-30)39(51)52;/h2-21,49H,40-41H2,1H3,(H,42,50)(H,51,52)(H,53,54,55);/q;+1. The zero-order chi connectivity index (χ0) is 40.0. The number of nitrogens with zero attached hydrogens (tertiary/aromatic N) is 6. The zero-order valence-electron chi connectivity index (χ0n) is 30.3. The van der Waals surface area contributed by atoms with Gasteiger partial charge >= 0.3 is 35.5 Å². The van der Waals surface area contributed by atoms with E-state index in [9.17, 15) is 28.2 Å². The molecule has 0 aliphatic rings. The average molecular weight is 793 g/mol. The van der Waals surface area contributed by atoms with Gasteiger partial charge in [-0.15, -0.1) is 10.2 Å². The van der Waals surface area contributed by atoms with E-state index in [1.54, 1.807) is 49.4 Å². The van der Waals surface area contributed by atoms with Gasteiger partial charge in [0.05, 0.1) is 39.0 Å². The summed E-state index contributed by atoms with van der Waals surface area (Å²) in [5.74, 6) is -2.07. The van der Waals surface area contributed by atoms with Crippen LogP contribution in [-0.2, 0) is 10.1 Å². The minimum absolute atomic E-state index is 0. The minimum Gasteiger partial charge on any atom is -0.507 e. The molecule has 6 aromatic rings. The second-order valence-corrected chi connectivity index (χ2v) is 13.5. The van der Waals surface area contributed by atoms with Gasteiger partial charge in [-0.1, -0.05) is 24.3 Å². The largest absolute Gasteiger partial charge is 1.00 e. The maximum absolute atomic E-state index is 12.7. The number of aromatic carboxylic acids is 1. The van der Waals surface area contributed by atoms with E-state index in [1.165, 1.54) is 54.6 Å². The number of phenols is 1. The van der Waals surface area contributed by atoms with Crippen LogP contribution in [0.1, 0.15) is 26.3 Å². The van der Waals surface area contributed by atoms with Gasteiger partial charge in [-0.2, -0.15) is 28.9 Å². The van der Waals surface area contributed by atoms with Crippen LogP contribution in [0, 0.1) is 6.92 Å². The summed E-state index contributed by atoms with van der Waals surface area (Å²) in [6.07, 6.45) is 0. The van der Waals surface area contributed by atoms with Crippen molar-refractivity contribution in [3.63, 3.8) is 0 Å². The van der Waals surface area contributed by atoms with Crippen LogP contribution in [0.3, 0.4) is 0 Å². The maximum Gasteiger partial charge on any atom is 1.00 e. The molecule has 16 nitrogen and oxygen atoms in total. The molecule has 0 spiro atoms. The van der Waals surface area contributed by atoms with Crippen LogP contribution in [0.15, 0.2) is 157 Å². The van der Waals surface area contributed by atoms with E-state index in [4.69, 9.17) is 16.0 Å². The van der Waals surface area contributed by atoms with Crippen LogP contribution >= 0.6 is 0 Å². The molecule has 0 saturated heterocycles. The van der Waals surface area contributed by atoms with Crippen LogP contribution in [0.5, 0.6) is 5.75 Å². The van der Waals surface area contributed by atoms with E-state index >= 15 is 0 Å². The molecule has 0 saturated carbocycles. The summed E-state index contributed by atoms with van der Waals surface area (Å²) in [7, 11) is -4.35. The van der Waals surface area contributed by atoms with Crippen LogP contribution in [0.2, 0.25) is 0 Å². The third-order valence-corrected chi connectivity index (χ3v) is 9.07. The smallest absolute Gasteiger partial charge is 0.507 e. The number of rotatable bonds is 11. The van der Waals surface area contributed by atoms with Crippen molar-refractivity contribution in [3.05, 3.63) is 138 Å². The van der Waals surface area contributed by atoms with Crippen molar-refractivity contribution in [2.45, 2.75) is 11.8 Å². The molecule has 57 heavy (non-hydrogen) atoms. The molecule has 280 valence electrons. The SMILES string of the molecule is Cc1cc(N=Nc2ccc(-c3ccc(N=Nc4ccc(O)c(C(=O)O)c4)cc3)cc2)c(N)c(N=Nc2ccc(C(=O)Nc3ccc(S(=O)(=O)O)cc3)cc2)c1N.[Na+]. The van der Waals surface area contributed by atoms with Gasteiger partial charge in [-0.3, -0.25) is 9.35 Å². The quantitative estimate of drug-likeness (QED) is 0.0341. The van der Waals surface area contributed by atoms with E-state index in [1.807, 2.05) is 24.3 Å². The second kappa shape index (κ2) is 17.9. The number of aryl methyl sites for hydroxylation is 1. The van der Waals surface area contributed by atoms with Gasteiger partial charge in [0, 0.05) is 11.3 Å². The molecule has 0 aliphatic carbocycles. The Bertz CT molecular complexity index is 2660. The van der Waals surface area contributed by atoms with Gasteiger partial charge < -0.3 is 27.0 Å². The molecule has 0 atom stereocenters. The van der Waals surface area contributed by atoms with Crippen molar-refractivity contribution in [2.75, 3.05) is 16.8 Å². The predicted molar refractivity (Wildman–Crippen MR) is 210 cm³/mol. The number of carboxylic acid groups (broad SMARTS) is 1. The number of nitrogens with two attached hydrogens (primary N) is 2. The topological polar surface area (TPSA) is 267 Å². The third-order valence-electron chi connectivity index (χ3n) is 8.20. The molecular formula is C39H31N9NaO7S+. The summed E-state index contributed by atoms with van der Waals surface area (Å²) in [5.41, 5.74) is 18.4. The van der Waals surface area contributed by atoms with E-state index in [-0.39, 0.29) is 62.8 Å². The molecule has 0 radical (unpaired) electrons.